The van der Waals surface area contributed by atoms with Crippen molar-refractivity contribution in [3.63, 3.8) is 0 Å². The molecule has 0 radical (unpaired) electrons. The molecule has 0 aliphatic rings. The maximum Gasteiger partial charge on any atom is 0.250 e. The molecule has 0 bridgehead atoms. The van der Waals surface area contributed by atoms with E-state index in [-0.39, 0.29) is 5.56 Å². The van der Waals surface area contributed by atoms with Crippen LogP contribution in [0.1, 0.15) is 4.88 Å². The van der Waals surface area contributed by atoms with Crippen molar-refractivity contribution in [1.82, 2.24) is 4.57 Å². The van der Waals surface area contributed by atoms with E-state index in [2.05, 4.69) is 32.7 Å². The van der Waals surface area contributed by atoms with Crippen LogP contribution in [0.3, 0.4) is 0 Å². The van der Waals surface area contributed by atoms with Crippen LogP contribution in [0.25, 0.3) is 0 Å². The lowest BCUT2D eigenvalue weighted by molar-refractivity contribution is 0.186. The topological polar surface area (TPSA) is 43.3 Å². The molecule has 0 fully saturated rings. The van der Waals surface area contributed by atoms with Crippen molar-refractivity contribution in [3.8, 4) is 0 Å². The maximum atomic E-state index is 11.6. The largest absolute Gasteiger partial charge is 0.383 e. The molecule has 2 rings (SSSR count). The average molecular weight is 343 g/mol. The Bertz CT molecular complexity index is 594. The summed E-state index contributed by atoms with van der Waals surface area (Å²) in [5.74, 6) is 0. The summed E-state index contributed by atoms with van der Waals surface area (Å²) in [7, 11) is 1.63. The predicted octanol–water partition coefficient (Wildman–Crippen LogP) is 2.93. The smallest absolute Gasteiger partial charge is 0.250 e. The zero-order valence-electron chi connectivity index (χ0n) is 10.6. The third-order valence-electron chi connectivity index (χ3n) is 2.61. The Morgan fingerprint density at radius 3 is 3.00 bits per heavy atom. The van der Waals surface area contributed by atoms with Crippen LogP contribution < -0.4 is 10.9 Å². The molecule has 1 N–H and O–H groups in total. The van der Waals surface area contributed by atoms with Gasteiger partial charge in [-0.2, -0.15) is 0 Å². The van der Waals surface area contributed by atoms with Gasteiger partial charge in [0, 0.05) is 47.2 Å². The number of halogens is 1. The summed E-state index contributed by atoms with van der Waals surface area (Å²) in [5, 5.41) is 5.36. The number of anilines is 1. The number of rotatable bonds is 6. The minimum atomic E-state index is -0.0125. The van der Waals surface area contributed by atoms with Crippen LogP contribution in [0, 0.1) is 0 Å². The summed E-state index contributed by atoms with van der Waals surface area (Å²) < 4.78 is 7.73. The first-order chi connectivity index (χ1) is 9.19. The van der Waals surface area contributed by atoms with Gasteiger partial charge in [-0.25, -0.2) is 0 Å². The molecule has 0 amide bonds. The number of thiophene rings is 1. The second-order valence-electron chi connectivity index (χ2n) is 4.03. The van der Waals surface area contributed by atoms with Crippen LogP contribution in [0.2, 0.25) is 0 Å². The monoisotopic (exact) mass is 342 g/mol. The number of hydrogen-bond donors (Lipinski definition) is 1. The Kier molecular flexibility index (Phi) is 5.18. The van der Waals surface area contributed by atoms with E-state index in [1.165, 1.54) is 4.88 Å². The number of aromatic nitrogens is 1. The van der Waals surface area contributed by atoms with Gasteiger partial charge in [0.15, 0.2) is 0 Å². The summed E-state index contributed by atoms with van der Waals surface area (Å²) in [6.07, 6.45) is 1.82. The lowest BCUT2D eigenvalue weighted by Gasteiger charge is -2.09. The van der Waals surface area contributed by atoms with Crippen molar-refractivity contribution in [2.24, 2.45) is 0 Å². The average Bonchev–Trinajstić information content (AvgIpc) is 2.82. The SMILES string of the molecule is COCCn1cc(NCc2cc(Br)cs2)ccc1=O. The Morgan fingerprint density at radius 2 is 2.32 bits per heavy atom. The molecule has 2 aromatic heterocycles. The van der Waals surface area contributed by atoms with Gasteiger partial charge in [-0.1, -0.05) is 0 Å². The highest BCUT2D eigenvalue weighted by Gasteiger charge is 2.00. The molecule has 19 heavy (non-hydrogen) atoms. The van der Waals surface area contributed by atoms with Crippen LogP contribution in [0.5, 0.6) is 0 Å². The lowest BCUT2D eigenvalue weighted by atomic mass is 10.3. The quantitative estimate of drug-likeness (QED) is 0.877. The van der Waals surface area contributed by atoms with E-state index < -0.39 is 0 Å². The summed E-state index contributed by atoms with van der Waals surface area (Å²) in [6.45, 7) is 1.84. The van der Waals surface area contributed by atoms with Gasteiger partial charge < -0.3 is 14.6 Å². The molecule has 0 spiro atoms. The summed E-state index contributed by atoms with van der Waals surface area (Å²) >= 11 is 5.12. The minimum absolute atomic E-state index is 0.0125. The first-order valence-electron chi connectivity index (χ1n) is 5.85. The molecule has 0 aromatic carbocycles. The Hall–Kier alpha value is -1.11. The van der Waals surface area contributed by atoms with Crippen molar-refractivity contribution in [1.29, 1.82) is 0 Å². The fourth-order valence-corrected chi connectivity index (χ4v) is 3.03. The molecule has 4 nitrogen and oxygen atoms in total. The van der Waals surface area contributed by atoms with Gasteiger partial charge in [0.2, 0.25) is 0 Å². The van der Waals surface area contributed by atoms with E-state index in [1.807, 2.05) is 6.20 Å². The summed E-state index contributed by atoms with van der Waals surface area (Å²) in [5.41, 5.74) is 0.918. The first-order valence-corrected chi connectivity index (χ1v) is 7.52. The van der Waals surface area contributed by atoms with E-state index in [0.29, 0.717) is 13.2 Å². The van der Waals surface area contributed by atoms with Crippen LogP contribution in [0.4, 0.5) is 5.69 Å². The molecule has 0 atom stereocenters. The third-order valence-corrected chi connectivity index (χ3v) is 4.31. The number of nitrogens with zero attached hydrogens (tertiary/aromatic N) is 1. The van der Waals surface area contributed by atoms with Crippen molar-refractivity contribution >= 4 is 33.0 Å². The molecule has 0 aliphatic heterocycles. The maximum absolute atomic E-state index is 11.6. The molecule has 102 valence electrons. The zero-order chi connectivity index (χ0) is 13.7. The van der Waals surface area contributed by atoms with Gasteiger partial charge in [0.25, 0.3) is 5.56 Å². The van der Waals surface area contributed by atoms with Gasteiger partial charge in [-0.15, -0.1) is 11.3 Å². The molecule has 0 saturated carbocycles. The first kappa shape index (κ1) is 14.3. The summed E-state index contributed by atoms with van der Waals surface area (Å²) in [6, 6.07) is 5.45. The lowest BCUT2D eigenvalue weighted by Crippen LogP contribution is -2.21. The van der Waals surface area contributed by atoms with Crippen molar-refractivity contribution in [2.75, 3.05) is 19.0 Å². The molecule has 0 aliphatic carbocycles. The Labute approximate surface area is 124 Å². The highest BCUT2D eigenvalue weighted by atomic mass is 79.9. The molecular formula is C13H15BrN2O2S. The molecule has 0 saturated heterocycles. The Morgan fingerprint density at radius 1 is 1.47 bits per heavy atom. The summed E-state index contributed by atoms with van der Waals surface area (Å²) in [4.78, 5) is 12.9. The second-order valence-corrected chi connectivity index (χ2v) is 5.94. The number of nitrogens with one attached hydrogen (secondary N) is 1. The van der Waals surface area contributed by atoms with Crippen LogP contribution in [-0.4, -0.2) is 18.3 Å². The zero-order valence-corrected chi connectivity index (χ0v) is 13.0. The van der Waals surface area contributed by atoms with Crippen molar-refractivity contribution < 1.29 is 4.74 Å². The van der Waals surface area contributed by atoms with Crippen molar-refractivity contribution in [3.05, 3.63) is 49.5 Å². The molecule has 2 heterocycles. The highest BCUT2D eigenvalue weighted by molar-refractivity contribution is 9.10. The fourth-order valence-electron chi connectivity index (χ4n) is 1.64. The number of methoxy groups -OCH3 is 1. The Balaban J connectivity index is 2.02. The van der Waals surface area contributed by atoms with E-state index >= 15 is 0 Å². The molecule has 0 unspecified atom stereocenters. The van der Waals surface area contributed by atoms with Gasteiger partial charge in [-0.3, -0.25) is 4.79 Å². The van der Waals surface area contributed by atoms with E-state index in [1.54, 1.807) is 35.1 Å². The molecule has 6 heteroatoms. The van der Waals surface area contributed by atoms with Crippen molar-refractivity contribution in [2.45, 2.75) is 13.1 Å². The predicted molar refractivity (Wildman–Crippen MR) is 81.9 cm³/mol. The standard InChI is InChI=1S/C13H15BrN2O2S/c1-18-5-4-16-8-11(2-3-13(16)17)15-7-12-6-10(14)9-19-12/h2-3,6,8-9,15H,4-5,7H2,1H3. The van der Waals surface area contributed by atoms with Gasteiger partial charge in [0.1, 0.15) is 0 Å². The van der Waals surface area contributed by atoms with Crippen LogP contribution >= 0.6 is 27.3 Å². The van der Waals surface area contributed by atoms with Gasteiger partial charge >= 0.3 is 0 Å². The number of pyridine rings is 1. The van der Waals surface area contributed by atoms with E-state index in [0.717, 1.165) is 16.7 Å². The van der Waals surface area contributed by atoms with E-state index in [9.17, 15) is 4.79 Å². The second kappa shape index (κ2) is 6.88. The third kappa shape index (κ3) is 4.19. The number of ether oxygens (including phenoxy) is 1. The minimum Gasteiger partial charge on any atom is -0.383 e. The molecule has 2 aromatic rings. The normalized spacial score (nSPS) is 10.6. The molecular weight excluding hydrogens is 328 g/mol. The number of hydrogen-bond acceptors (Lipinski definition) is 4. The highest BCUT2D eigenvalue weighted by Crippen LogP contribution is 2.20. The fraction of sp³-hybridized carbons (Fsp3) is 0.308. The van der Waals surface area contributed by atoms with Gasteiger partial charge in [-0.05, 0) is 28.1 Å². The van der Waals surface area contributed by atoms with E-state index in [4.69, 9.17) is 4.74 Å². The van der Waals surface area contributed by atoms with Crippen LogP contribution in [-0.2, 0) is 17.8 Å². The van der Waals surface area contributed by atoms with Gasteiger partial charge in [0.05, 0.1) is 12.3 Å². The van der Waals surface area contributed by atoms with Crippen LogP contribution in [0.15, 0.2) is 39.0 Å².